The Balaban J connectivity index is 2.13. The molecule has 0 spiro atoms. The lowest BCUT2D eigenvalue weighted by atomic mass is 10.1. The lowest BCUT2D eigenvalue weighted by molar-refractivity contribution is 0.325. The first kappa shape index (κ1) is 15.3. The largest absolute Gasteiger partial charge is 0.478 e. The highest BCUT2D eigenvalue weighted by atomic mass is 16.5. The number of ether oxygens (including phenoxy) is 1. The third kappa shape index (κ3) is 4.72. The van der Waals surface area contributed by atoms with Gasteiger partial charge in [-0.2, -0.15) is 4.98 Å². The van der Waals surface area contributed by atoms with Crippen LogP contribution in [0.1, 0.15) is 24.7 Å². The molecule has 1 aromatic heterocycles. The molecule has 0 aliphatic carbocycles. The maximum Gasteiger partial charge on any atom is 0.218 e. The molecule has 21 heavy (non-hydrogen) atoms. The zero-order valence-electron chi connectivity index (χ0n) is 12.6. The molecular weight excluding hydrogens is 264 g/mol. The van der Waals surface area contributed by atoms with E-state index in [2.05, 4.69) is 27.4 Å². The van der Waals surface area contributed by atoms with Crippen molar-refractivity contribution >= 4 is 11.5 Å². The molecule has 2 rings (SSSR count). The number of nitrogens with zero attached hydrogens (tertiary/aromatic N) is 2. The van der Waals surface area contributed by atoms with Gasteiger partial charge in [0.15, 0.2) is 0 Å². The van der Waals surface area contributed by atoms with Crippen molar-refractivity contribution < 1.29 is 4.74 Å². The van der Waals surface area contributed by atoms with Gasteiger partial charge in [0.05, 0.1) is 6.61 Å². The average molecular weight is 286 g/mol. The Hall–Kier alpha value is -2.14. The first-order valence-corrected chi connectivity index (χ1v) is 7.25. The second kappa shape index (κ2) is 7.59. The number of hydrogen-bond acceptors (Lipinski definition) is 5. The van der Waals surface area contributed by atoms with Crippen molar-refractivity contribution in [1.82, 2.24) is 9.97 Å². The van der Waals surface area contributed by atoms with Crippen molar-refractivity contribution in [2.75, 3.05) is 18.5 Å². The van der Waals surface area contributed by atoms with Crippen LogP contribution in [-0.4, -0.2) is 23.1 Å². The van der Waals surface area contributed by atoms with Gasteiger partial charge in [-0.25, -0.2) is 4.98 Å². The molecular formula is C16H22N4O. The topological polar surface area (TPSA) is 73.1 Å². The third-order valence-electron chi connectivity index (χ3n) is 2.98. The number of aromatic nitrogens is 2. The predicted molar refractivity (Wildman–Crippen MR) is 85.0 cm³/mol. The molecule has 5 nitrogen and oxygen atoms in total. The monoisotopic (exact) mass is 286 g/mol. The molecule has 1 aromatic carbocycles. The lowest BCUT2D eigenvalue weighted by Gasteiger charge is -2.10. The number of aryl methyl sites for hydroxylation is 2. The van der Waals surface area contributed by atoms with Gasteiger partial charge in [0.1, 0.15) is 11.6 Å². The van der Waals surface area contributed by atoms with Gasteiger partial charge >= 0.3 is 0 Å². The van der Waals surface area contributed by atoms with Gasteiger partial charge in [0.2, 0.25) is 5.88 Å². The SMILES string of the molecule is CCOc1cc(Nc2cccc(CCCN)c2)nc(C)n1. The smallest absolute Gasteiger partial charge is 0.218 e. The fraction of sp³-hybridized carbons (Fsp3) is 0.375. The molecule has 0 amide bonds. The van der Waals surface area contributed by atoms with Crippen LogP contribution >= 0.6 is 0 Å². The summed E-state index contributed by atoms with van der Waals surface area (Å²) in [5.74, 6) is 2.01. The van der Waals surface area contributed by atoms with Crippen LogP contribution in [0, 0.1) is 6.92 Å². The van der Waals surface area contributed by atoms with Crippen molar-refractivity contribution in [3.8, 4) is 5.88 Å². The van der Waals surface area contributed by atoms with Crippen LogP contribution in [0.5, 0.6) is 5.88 Å². The summed E-state index contributed by atoms with van der Waals surface area (Å²) >= 11 is 0. The molecule has 0 aliphatic heterocycles. The summed E-state index contributed by atoms with van der Waals surface area (Å²) in [5, 5.41) is 3.30. The van der Waals surface area contributed by atoms with Gasteiger partial charge in [0.25, 0.3) is 0 Å². The van der Waals surface area contributed by atoms with Crippen LogP contribution < -0.4 is 15.8 Å². The highest BCUT2D eigenvalue weighted by Crippen LogP contribution is 2.20. The summed E-state index contributed by atoms with van der Waals surface area (Å²) in [4.78, 5) is 8.62. The van der Waals surface area contributed by atoms with Gasteiger partial charge in [-0.05, 0) is 50.9 Å². The molecule has 0 saturated carbocycles. The Labute approximate surface area is 125 Å². The molecule has 2 aromatic rings. The van der Waals surface area contributed by atoms with Crippen molar-refractivity contribution in [2.24, 2.45) is 5.73 Å². The molecule has 0 atom stereocenters. The van der Waals surface area contributed by atoms with Crippen molar-refractivity contribution in [1.29, 1.82) is 0 Å². The molecule has 0 aliphatic rings. The molecule has 0 unspecified atom stereocenters. The van der Waals surface area contributed by atoms with E-state index in [1.165, 1.54) is 5.56 Å². The zero-order chi connectivity index (χ0) is 15.1. The van der Waals surface area contributed by atoms with E-state index in [1.807, 2.05) is 32.0 Å². The highest BCUT2D eigenvalue weighted by Gasteiger charge is 2.03. The number of anilines is 2. The van der Waals surface area contributed by atoms with Crippen LogP contribution in [0.2, 0.25) is 0 Å². The molecule has 5 heteroatoms. The maximum atomic E-state index is 5.55. The van der Waals surface area contributed by atoms with Gasteiger partial charge in [0, 0.05) is 11.8 Å². The molecule has 1 heterocycles. The van der Waals surface area contributed by atoms with Crippen molar-refractivity contribution in [3.63, 3.8) is 0 Å². The van der Waals surface area contributed by atoms with Crippen molar-refractivity contribution in [2.45, 2.75) is 26.7 Å². The summed E-state index contributed by atoms with van der Waals surface area (Å²) in [5.41, 5.74) is 7.82. The van der Waals surface area contributed by atoms with E-state index in [4.69, 9.17) is 10.5 Å². The Morgan fingerprint density at radius 1 is 1.24 bits per heavy atom. The summed E-state index contributed by atoms with van der Waals surface area (Å²) in [6.45, 7) is 5.09. The fourth-order valence-corrected chi connectivity index (χ4v) is 2.08. The van der Waals surface area contributed by atoms with E-state index < -0.39 is 0 Å². The maximum absolute atomic E-state index is 5.55. The van der Waals surface area contributed by atoms with Crippen LogP contribution in [-0.2, 0) is 6.42 Å². The summed E-state index contributed by atoms with van der Waals surface area (Å²) in [6.07, 6.45) is 1.98. The average Bonchev–Trinajstić information content (AvgIpc) is 2.45. The van der Waals surface area contributed by atoms with E-state index in [-0.39, 0.29) is 0 Å². The number of nitrogens with two attached hydrogens (primary N) is 1. The second-order valence-electron chi connectivity index (χ2n) is 4.79. The predicted octanol–water partition coefficient (Wildman–Crippen LogP) is 2.82. The number of hydrogen-bond donors (Lipinski definition) is 2. The molecule has 0 radical (unpaired) electrons. The Morgan fingerprint density at radius 3 is 2.86 bits per heavy atom. The standard InChI is InChI=1S/C16H22N4O/c1-3-21-16-11-15(18-12(2)19-16)20-14-8-4-6-13(10-14)7-5-9-17/h4,6,8,10-11H,3,5,7,9,17H2,1-2H3,(H,18,19,20). The Bertz CT molecular complexity index is 586. The molecule has 112 valence electrons. The summed E-state index contributed by atoms with van der Waals surface area (Å²) in [7, 11) is 0. The normalized spacial score (nSPS) is 10.4. The van der Waals surface area contributed by atoms with E-state index in [1.54, 1.807) is 0 Å². The zero-order valence-corrected chi connectivity index (χ0v) is 12.6. The van der Waals surface area contributed by atoms with E-state index in [0.717, 1.165) is 24.3 Å². The van der Waals surface area contributed by atoms with Crippen LogP contribution in [0.4, 0.5) is 11.5 Å². The van der Waals surface area contributed by atoms with Gasteiger partial charge in [-0.15, -0.1) is 0 Å². The fourth-order valence-electron chi connectivity index (χ4n) is 2.08. The summed E-state index contributed by atoms with van der Waals surface area (Å²) in [6, 6.07) is 10.1. The molecule has 0 fully saturated rings. The van der Waals surface area contributed by atoms with Crippen LogP contribution in [0.15, 0.2) is 30.3 Å². The number of rotatable bonds is 7. The number of nitrogens with one attached hydrogen (secondary N) is 1. The Morgan fingerprint density at radius 2 is 2.10 bits per heavy atom. The summed E-state index contributed by atoms with van der Waals surface area (Å²) < 4.78 is 5.44. The van der Waals surface area contributed by atoms with Crippen LogP contribution in [0.3, 0.4) is 0 Å². The molecule has 0 bridgehead atoms. The molecule has 3 N–H and O–H groups in total. The molecule has 0 saturated heterocycles. The first-order valence-electron chi connectivity index (χ1n) is 7.25. The minimum atomic E-state index is 0.588. The highest BCUT2D eigenvalue weighted by molar-refractivity contribution is 5.57. The van der Waals surface area contributed by atoms with Gasteiger partial charge < -0.3 is 15.8 Å². The van der Waals surface area contributed by atoms with Gasteiger partial charge in [-0.3, -0.25) is 0 Å². The third-order valence-corrected chi connectivity index (χ3v) is 2.98. The first-order chi connectivity index (χ1) is 10.2. The lowest BCUT2D eigenvalue weighted by Crippen LogP contribution is -2.02. The Kier molecular flexibility index (Phi) is 5.51. The van der Waals surface area contributed by atoms with E-state index >= 15 is 0 Å². The van der Waals surface area contributed by atoms with Crippen molar-refractivity contribution in [3.05, 3.63) is 41.7 Å². The van der Waals surface area contributed by atoms with Crippen LogP contribution in [0.25, 0.3) is 0 Å². The van der Waals surface area contributed by atoms with E-state index in [0.29, 0.717) is 24.9 Å². The second-order valence-corrected chi connectivity index (χ2v) is 4.79. The minimum Gasteiger partial charge on any atom is -0.478 e. The van der Waals surface area contributed by atoms with Gasteiger partial charge in [-0.1, -0.05) is 12.1 Å². The quantitative estimate of drug-likeness (QED) is 0.818. The van der Waals surface area contributed by atoms with E-state index in [9.17, 15) is 0 Å². The number of benzene rings is 1. The minimum absolute atomic E-state index is 0.588.